The Bertz CT molecular complexity index is 497. The number of aliphatic carboxylic acids is 1. The van der Waals surface area contributed by atoms with Crippen LogP contribution < -0.4 is 10.1 Å². The van der Waals surface area contributed by atoms with E-state index in [2.05, 4.69) is 5.32 Å². The maximum atomic E-state index is 12.0. The van der Waals surface area contributed by atoms with Crippen molar-refractivity contribution >= 4 is 11.9 Å². The van der Waals surface area contributed by atoms with Gasteiger partial charge in [0.05, 0.1) is 13.5 Å². The molecule has 1 atom stereocenters. The summed E-state index contributed by atoms with van der Waals surface area (Å²) in [6.07, 6.45) is 0.0986. The van der Waals surface area contributed by atoms with E-state index in [1.54, 1.807) is 27.0 Å². The number of amides is 1. The molecule has 0 heterocycles. The van der Waals surface area contributed by atoms with Crippen LogP contribution in [0.2, 0.25) is 0 Å². The number of aryl methyl sites for hydroxylation is 1. The zero-order valence-electron chi connectivity index (χ0n) is 12.3. The first-order valence-electron chi connectivity index (χ1n) is 6.50. The minimum Gasteiger partial charge on any atom is -0.496 e. The summed E-state index contributed by atoms with van der Waals surface area (Å²) in [5.74, 6) is -0.891. The number of rotatable bonds is 6. The van der Waals surface area contributed by atoms with Crippen LogP contribution in [0.15, 0.2) is 18.2 Å². The lowest BCUT2D eigenvalue weighted by Crippen LogP contribution is -2.44. The van der Waals surface area contributed by atoms with E-state index >= 15 is 0 Å². The van der Waals surface area contributed by atoms with Crippen molar-refractivity contribution in [2.45, 2.75) is 33.2 Å². The SMILES string of the molecule is COc1ccc(C)cc1CC(=O)N[C@H](C(=O)O)C(C)C. The van der Waals surface area contributed by atoms with E-state index in [1.165, 1.54) is 0 Å². The van der Waals surface area contributed by atoms with Gasteiger partial charge in [0, 0.05) is 5.56 Å². The molecule has 0 fully saturated rings. The smallest absolute Gasteiger partial charge is 0.326 e. The lowest BCUT2D eigenvalue weighted by molar-refractivity contribution is -0.143. The van der Waals surface area contributed by atoms with E-state index in [0.717, 1.165) is 11.1 Å². The molecule has 0 unspecified atom stereocenters. The summed E-state index contributed by atoms with van der Waals surface area (Å²) in [5.41, 5.74) is 1.77. The monoisotopic (exact) mass is 279 g/mol. The number of carbonyl (C=O) groups excluding carboxylic acids is 1. The molecule has 1 rings (SSSR count). The van der Waals surface area contributed by atoms with Crippen LogP contribution in [0.4, 0.5) is 0 Å². The molecule has 0 bridgehead atoms. The number of hydrogen-bond acceptors (Lipinski definition) is 3. The van der Waals surface area contributed by atoms with Crippen LogP contribution in [0.25, 0.3) is 0 Å². The topological polar surface area (TPSA) is 75.6 Å². The third kappa shape index (κ3) is 4.26. The highest BCUT2D eigenvalue weighted by Gasteiger charge is 2.23. The summed E-state index contributed by atoms with van der Waals surface area (Å²) in [4.78, 5) is 23.0. The molecule has 0 aliphatic rings. The first kappa shape index (κ1) is 16.0. The fraction of sp³-hybridized carbons (Fsp3) is 0.467. The van der Waals surface area contributed by atoms with Crippen LogP contribution in [-0.2, 0) is 16.0 Å². The van der Waals surface area contributed by atoms with Crippen LogP contribution >= 0.6 is 0 Å². The Kier molecular flexibility index (Phi) is 5.55. The predicted molar refractivity (Wildman–Crippen MR) is 75.8 cm³/mol. The largest absolute Gasteiger partial charge is 0.496 e. The van der Waals surface area contributed by atoms with Gasteiger partial charge in [0.15, 0.2) is 0 Å². The number of carboxylic acid groups (broad SMARTS) is 1. The number of methoxy groups -OCH3 is 1. The lowest BCUT2D eigenvalue weighted by atomic mass is 10.0. The van der Waals surface area contributed by atoms with Crippen molar-refractivity contribution in [2.24, 2.45) is 5.92 Å². The summed E-state index contributed by atoms with van der Waals surface area (Å²) in [7, 11) is 1.54. The van der Waals surface area contributed by atoms with Crippen molar-refractivity contribution in [3.8, 4) is 5.75 Å². The lowest BCUT2D eigenvalue weighted by Gasteiger charge is -2.18. The summed E-state index contributed by atoms with van der Waals surface area (Å²) in [6.45, 7) is 5.44. The number of carboxylic acids is 1. The van der Waals surface area contributed by atoms with Crippen LogP contribution in [0, 0.1) is 12.8 Å². The van der Waals surface area contributed by atoms with E-state index in [9.17, 15) is 9.59 Å². The van der Waals surface area contributed by atoms with Gasteiger partial charge in [0.2, 0.25) is 5.91 Å². The molecule has 1 aromatic rings. The molecule has 0 saturated heterocycles. The fourth-order valence-corrected chi connectivity index (χ4v) is 1.96. The second-order valence-electron chi connectivity index (χ2n) is 5.12. The second-order valence-corrected chi connectivity index (χ2v) is 5.12. The van der Waals surface area contributed by atoms with Crippen molar-refractivity contribution in [1.29, 1.82) is 0 Å². The van der Waals surface area contributed by atoms with Crippen molar-refractivity contribution in [1.82, 2.24) is 5.32 Å². The highest BCUT2D eigenvalue weighted by molar-refractivity contribution is 5.85. The standard InChI is InChI=1S/C15H21NO4/c1-9(2)14(15(18)19)16-13(17)8-11-7-10(3)5-6-12(11)20-4/h5-7,9,14H,8H2,1-4H3,(H,16,17)(H,18,19)/t14-/m0/s1. The number of ether oxygens (including phenoxy) is 1. The van der Waals surface area contributed by atoms with Crippen LogP contribution in [0.1, 0.15) is 25.0 Å². The number of nitrogens with one attached hydrogen (secondary N) is 1. The zero-order chi connectivity index (χ0) is 15.3. The molecule has 0 saturated carbocycles. The molecule has 0 aliphatic carbocycles. The maximum Gasteiger partial charge on any atom is 0.326 e. The maximum absolute atomic E-state index is 12.0. The van der Waals surface area contributed by atoms with Gasteiger partial charge < -0.3 is 15.2 Å². The zero-order valence-corrected chi connectivity index (χ0v) is 12.3. The summed E-state index contributed by atoms with van der Waals surface area (Å²) < 4.78 is 5.20. The Hall–Kier alpha value is -2.04. The molecule has 20 heavy (non-hydrogen) atoms. The molecule has 1 amide bonds. The fourth-order valence-electron chi connectivity index (χ4n) is 1.96. The molecular weight excluding hydrogens is 258 g/mol. The van der Waals surface area contributed by atoms with E-state index in [0.29, 0.717) is 5.75 Å². The Labute approximate surface area is 118 Å². The van der Waals surface area contributed by atoms with Gasteiger partial charge in [0.25, 0.3) is 0 Å². The van der Waals surface area contributed by atoms with Gasteiger partial charge in [-0.2, -0.15) is 0 Å². The summed E-state index contributed by atoms with van der Waals surface area (Å²) in [6, 6.07) is 4.69. The number of hydrogen-bond donors (Lipinski definition) is 2. The van der Waals surface area contributed by atoms with Crippen molar-refractivity contribution < 1.29 is 19.4 Å². The minimum absolute atomic E-state index is 0.0986. The molecule has 5 nitrogen and oxygen atoms in total. The molecule has 0 spiro atoms. The predicted octanol–water partition coefficient (Wildman–Crippen LogP) is 1.77. The third-order valence-corrected chi connectivity index (χ3v) is 3.04. The Balaban J connectivity index is 2.80. The Morgan fingerprint density at radius 1 is 1.35 bits per heavy atom. The number of carbonyl (C=O) groups is 2. The molecule has 5 heteroatoms. The van der Waals surface area contributed by atoms with Gasteiger partial charge in [-0.1, -0.05) is 31.5 Å². The molecule has 1 aromatic carbocycles. The second kappa shape index (κ2) is 6.93. The van der Waals surface area contributed by atoms with Crippen LogP contribution in [-0.4, -0.2) is 30.1 Å². The van der Waals surface area contributed by atoms with E-state index < -0.39 is 12.0 Å². The number of benzene rings is 1. The van der Waals surface area contributed by atoms with E-state index in [-0.39, 0.29) is 18.2 Å². The Morgan fingerprint density at radius 2 is 2.00 bits per heavy atom. The van der Waals surface area contributed by atoms with E-state index in [1.807, 2.05) is 19.1 Å². The molecule has 2 N–H and O–H groups in total. The van der Waals surface area contributed by atoms with Gasteiger partial charge in [-0.15, -0.1) is 0 Å². The van der Waals surface area contributed by atoms with Crippen LogP contribution in [0.5, 0.6) is 5.75 Å². The van der Waals surface area contributed by atoms with Gasteiger partial charge >= 0.3 is 5.97 Å². The first-order valence-corrected chi connectivity index (χ1v) is 6.50. The quantitative estimate of drug-likeness (QED) is 0.832. The van der Waals surface area contributed by atoms with Gasteiger partial charge in [-0.3, -0.25) is 4.79 Å². The molecule has 0 radical (unpaired) electrons. The van der Waals surface area contributed by atoms with Crippen molar-refractivity contribution in [3.63, 3.8) is 0 Å². The van der Waals surface area contributed by atoms with Gasteiger partial charge in [0.1, 0.15) is 11.8 Å². The third-order valence-electron chi connectivity index (χ3n) is 3.04. The minimum atomic E-state index is -1.02. The highest BCUT2D eigenvalue weighted by atomic mass is 16.5. The average molecular weight is 279 g/mol. The molecule has 110 valence electrons. The Morgan fingerprint density at radius 3 is 2.50 bits per heavy atom. The summed E-state index contributed by atoms with van der Waals surface area (Å²) >= 11 is 0. The molecule has 0 aliphatic heterocycles. The van der Waals surface area contributed by atoms with Crippen molar-refractivity contribution in [2.75, 3.05) is 7.11 Å². The van der Waals surface area contributed by atoms with E-state index in [4.69, 9.17) is 9.84 Å². The first-order chi connectivity index (χ1) is 9.35. The average Bonchev–Trinajstić information content (AvgIpc) is 2.35. The summed E-state index contributed by atoms with van der Waals surface area (Å²) in [5, 5.41) is 11.6. The van der Waals surface area contributed by atoms with Gasteiger partial charge in [-0.05, 0) is 18.9 Å². The molecular formula is C15H21NO4. The van der Waals surface area contributed by atoms with Crippen LogP contribution in [0.3, 0.4) is 0 Å². The molecule has 0 aromatic heterocycles. The van der Waals surface area contributed by atoms with Gasteiger partial charge in [-0.25, -0.2) is 4.79 Å². The normalized spacial score (nSPS) is 12.1. The van der Waals surface area contributed by atoms with Crippen molar-refractivity contribution in [3.05, 3.63) is 29.3 Å². The highest BCUT2D eigenvalue weighted by Crippen LogP contribution is 2.20.